The molecule has 3 saturated carbocycles. The lowest BCUT2D eigenvalue weighted by molar-refractivity contribution is -0.183. The molecule has 2 aromatic rings. The van der Waals surface area contributed by atoms with Crippen molar-refractivity contribution in [3.05, 3.63) is 58.4 Å². The Balaban J connectivity index is 1.48. The number of aliphatic hydroxyl groups is 2. The third-order valence-electron chi connectivity index (χ3n) is 7.47. The van der Waals surface area contributed by atoms with Crippen LogP contribution < -0.4 is 10.6 Å². The summed E-state index contributed by atoms with van der Waals surface area (Å²) in [6.07, 6.45) is 0.0957. The Labute approximate surface area is 220 Å². The molecule has 11 heteroatoms. The van der Waals surface area contributed by atoms with Crippen molar-refractivity contribution in [2.45, 2.75) is 61.4 Å². The van der Waals surface area contributed by atoms with Crippen LogP contribution in [-0.2, 0) is 14.6 Å². The van der Waals surface area contributed by atoms with Gasteiger partial charge in [0.25, 0.3) is 5.91 Å². The number of rotatable bonds is 8. The largest absolute Gasteiger partial charge is 0.392 e. The van der Waals surface area contributed by atoms with Gasteiger partial charge in [-0.15, -0.1) is 0 Å². The molecule has 3 aliphatic carbocycles. The summed E-state index contributed by atoms with van der Waals surface area (Å²) in [5.74, 6) is -2.10. The van der Waals surface area contributed by atoms with Gasteiger partial charge in [0.15, 0.2) is 9.84 Å². The van der Waals surface area contributed by atoms with E-state index < -0.39 is 44.4 Å². The average molecular weight is 553 g/mol. The molecule has 3 aliphatic rings. The van der Waals surface area contributed by atoms with Gasteiger partial charge in [-0.3, -0.25) is 9.59 Å². The van der Waals surface area contributed by atoms with E-state index in [1.54, 1.807) is 6.92 Å². The first-order chi connectivity index (χ1) is 17.3. The summed E-state index contributed by atoms with van der Waals surface area (Å²) in [7, 11) is -3.94. The van der Waals surface area contributed by atoms with Gasteiger partial charge in [0, 0.05) is 17.8 Å². The van der Waals surface area contributed by atoms with Crippen LogP contribution >= 0.6 is 11.6 Å². The number of hydrogen-bond acceptors (Lipinski definition) is 6. The Kier molecular flexibility index (Phi) is 7.67. The van der Waals surface area contributed by atoms with E-state index in [-0.39, 0.29) is 53.1 Å². The summed E-state index contributed by atoms with van der Waals surface area (Å²) in [5.41, 5.74) is -0.480. The van der Waals surface area contributed by atoms with Crippen LogP contribution in [0.1, 0.15) is 48.5 Å². The zero-order chi connectivity index (χ0) is 27.1. The van der Waals surface area contributed by atoms with Crippen LogP contribution in [0.15, 0.2) is 41.3 Å². The van der Waals surface area contributed by atoms with Crippen molar-refractivity contribution in [3.8, 4) is 0 Å². The van der Waals surface area contributed by atoms with E-state index in [1.165, 1.54) is 43.3 Å². The minimum absolute atomic E-state index is 0.0128. The van der Waals surface area contributed by atoms with Gasteiger partial charge in [0.05, 0.1) is 33.3 Å². The van der Waals surface area contributed by atoms with Crippen molar-refractivity contribution < 1.29 is 32.6 Å². The molecule has 5 rings (SSSR count). The topological polar surface area (TPSA) is 133 Å². The van der Waals surface area contributed by atoms with Crippen LogP contribution in [0.3, 0.4) is 0 Å². The van der Waals surface area contributed by atoms with Crippen molar-refractivity contribution in [2.24, 2.45) is 11.8 Å². The lowest BCUT2D eigenvalue weighted by Gasteiger charge is -2.58. The van der Waals surface area contributed by atoms with E-state index in [0.717, 1.165) is 0 Å². The number of amides is 2. The SMILES string of the molecule is Cc1cc(NC(=O)c2ccc(Cl)c(S(=O)(=O)C3CC4CC(C3)C4(O)CC(=O)NC[C@@H](C)O)c2)ccc1F. The van der Waals surface area contributed by atoms with Gasteiger partial charge in [0.1, 0.15) is 5.82 Å². The summed E-state index contributed by atoms with van der Waals surface area (Å²) in [6, 6.07) is 8.12. The molecule has 0 aliphatic heterocycles. The number of nitrogens with one attached hydrogen (secondary N) is 2. The fourth-order valence-electron chi connectivity index (χ4n) is 5.35. The van der Waals surface area contributed by atoms with E-state index in [1.807, 2.05) is 0 Å². The first-order valence-electron chi connectivity index (χ1n) is 12.1. The van der Waals surface area contributed by atoms with Gasteiger partial charge in [-0.2, -0.15) is 0 Å². The molecule has 4 N–H and O–H groups in total. The van der Waals surface area contributed by atoms with Crippen molar-refractivity contribution in [3.63, 3.8) is 0 Å². The van der Waals surface area contributed by atoms with E-state index in [9.17, 15) is 32.6 Å². The Bertz CT molecular complexity index is 1320. The first-order valence-corrected chi connectivity index (χ1v) is 14.0. The monoisotopic (exact) mass is 552 g/mol. The number of sulfone groups is 1. The highest BCUT2D eigenvalue weighted by Gasteiger charge is 2.60. The smallest absolute Gasteiger partial charge is 0.255 e. The summed E-state index contributed by atoms with van der Waals surface area (Å²) >= 11 is 6.26. The Morgan fingerprint density at radius 3 is 2.46 bits per heavy atom. The van der Waals surface area contributed by atoms with Crippen molar-refractivity contribution in [2.75, 3.05) is 11.9 Å². The fourth-order valence-corrected chi connectivity index (χ4v) is 7.75. The first kappa shape index (κ1) is 27.5. The van der Waals surface area contributed by atoms with E-state index in [2.05, 4.69) is 10.6 Å². The summed E-state index contributed by atoms with van der Waals surface area (Å²) in [5, 5.41) is 24.8. The van der Waals surface area contributed by atoms with Gasteiger partial charge in [-0.25, -0.2) is 12.8 Å². The van der Waals surface area contributed by atoms with Gasteiger partial charge >= 0.3 is 0 Å². The number of hydrogen-bond donors (Lipinski definition) is 4. The van der Waals surface area contributed by atoms with Crippen molar-refractivity contribution in [1.29, 1.82) is 0 Å². The summed E-state index contributed by atoms with van der Waals surface area (Å²) in [4.78, 5) is 24.8. The molecule has 37 heavy (non-hydrogen) atoms. The Morgan fingerprint density at radius 2 is 1.84 bits per heavy atom. The predicted octanol–water partition coefficient (Wildman–Crippen LogP) is 3.23. The van der Waals surface area contributed by atoms with Crippen molar-refractivity contribution in [1.82, 2.24) is 5.32 Å². The normalized spacial score (nSPS) is 25.6. The molecule has 2 amide bonds. The fraction of sp³-hybridized carbons (Fsp3) is 0.462. The quantitative estimate of drug-likeness (QED) is 0.397. The lowest BCUT2D eigenvalue weighted by atomic mass is 9.52. The zero-order valence-electron chi connectivity index (χ0n) is 20.5. The number of fused-ring (bicyclic) bond motifs is 2. The summed E-state index contributed by atoms with van der Waals surface area (Å²) < 4.78 is 40.6. The van der Waals surface area contributed by atoms with Crippen LogP contribution in [0, 0.1) is 24.6 Å². The van der Waals surface area contributed by atoms with Crippen LogP contribution in [0.2, 0.25) is 5.02 Å². The molecular weight excluding hydrogens is 523 g/mol. The highest BCUT2D eigenvalue weighted by molar-refractivity contribution is 7.92. The van der Waals surface area contributed by atoms with Gasteiger partial charge in [0.2, 0.25) is 5.91 Å². The zero-order valence-corrected chi connectivity index (χ0v) is 22.1. The minimum Gasteiger partial charge on any atom is -0.392 e. The molecule has 0 radical (unpaired) electrons. The lowest BCUT2D eigenvalue weighted by Crippen LogP contribution is -2.63. The molecule has 2 unspecified atom stereocenters. The Hall–Kier alpha value is -2.53. The second kappa shape index (κ2) is 10.3. The number of aliphatic hydroxyl groups excluding tert-OH is 1. The second-order valence-electron chi connectivity index (χ2n) is 10.2. The maximum Gasteiger partial charge on any atom is 0.255 e. The van der Waals surface area contributed by atoms with Gasteiger partial charge < -0.3 is 20.8 Å². The molecule has 2 bridgehead atoms. The van der Waals surface area contributed by atoms with Gasteiger partial charge in [-0.1, -0.05) is 11.6 Å². The molecular formula is C26H30ClFN2O6S. The van der Waals surface area contributed by atoms with Crippen molar-refractivity contribution >= 4 is 38.9 Å². The Morgan fingerprint density at radius 1 is 1.16 bits per heavy atom. The average Bonchev–Trinajstić information content (AvgIpc) is 2.85. The van der Waals surface area contributed by atoms with E-state index >= 15 is 0 Å². The van der Waals surface area contributed by atoms with Crippen LogP contribution in [0.25, 0.3) is 0 Å². The van der Waals surface area contributed by atoms with Crippen LogP contribution in [-0.4, -0.2) is 53.9 Å². The molecule has 0 aromatic heterocycles. The summed E-state index contributed by atoms with van der Waals surface area (Å²) in [6.45, 7) is 3.18. The molecule has 3 fully saturated rings. The molecule has 0 saturated heterocycles. The number of halogens is 2. The maximum absolute atomic E-state index is 13.6. The van der Waals surface area contributed by atoms with E-state index in [0.29, 0.717) is 17.7 Å². The number of carbonyl (C=O) groups excluding carboxylic acids is 2. The van der Waals surface area contributed by atoms with Crippen LogP contribution in [0.4, 0.5) is 10.1 Å². The van der Waals surface area contributed by atoms with Crippen LogP contribution in [0.5, 0.6) is 0 Å². The minimum atomic E-state index is -3.94. The number of aryl methyl sites for hydroxylation is 1. The number of carbonyl (C=O) groups is 2. The van der Waals surface area contributed by atoms with E-state index in [4.69, 9.17) is 11.6 Å². The molecule has 200 valence electrons. The molecule has 3 atom stereocenters. The standard InChI is InChI=1S/C26H30ClFN2O6S/c1-14-7-19(4-6-22(14)28)30-25(33)16-3-5-21(27)23(8-16)37(35,36)20-10-17-9-18(11-20)26(17,34)12-24(32)29-13-15(2)31/h3-8,15,17-18,20,31,34H,9-13H2,1-2H3,(H,29,32)(H,30,33)/t15-,17?,18?,20?,26?/m1/s1. The predicted molar refractivity (Wildman–Crippen MR) is 137 cm³/mol. The third kappa shape index (κ3) is 5.52. The highest BCUT2D eigenvalue weighted by atomic mass is 35.5. The number of benzene rings is 2. The molecule has 0 spiro atoms. The third-order valence-corrected chi connectivity index (χ3v) is 10.1. The molecule has 2 aromatic carbocycles. The number of anilines is 1. The maximum atomic E-state index is 13.6. The van der Waals surface area contributed by atoms with Gasteiger partial charge in [-0.05, 0) is 86.9 Å². The second-order valence-corrected chi connectivity index (χ2v) is 12.8. The molecule has 8 nitrogen and oxygen atoms in total. The molecule has 0 heterocycles. The highest BCUT2D eigenvalue weighted by Crippen LogP contribution is 2.57.